The Bertz CT molecular complexity index is 371. The maximum Gasteiger partial charge on any atom is 0.232 e. The summed E-state index contributed by atoms with van der Waals surface area (Å²) in [5, 5.41) is 8.33. The minimum absolute atomic E-state index is 0.317. The van der Waals surface area contributed by atoms with Crippen LogP contribution in [0.5, 0.6) is 0 Å². The van der Waals surface area contributed by atoms with Gasteiger partial charge in [0, 0.05) is 6.42 Å². The number of Topliss-reactive ketones (excluding diaryl/α,β-unsaturated/α-hetero) is 1. The molecule has 0 aliphatic rings. The minimum atomic E-state index is -0.345. The van der Waals surface area contributed by atoms with E-state index in [2.05, 4.69) is 26.0 Å². The number of rotatable bonds is 4. The van der Waals surface area contributed by atoms with Gasteiger partial charge in [0.25, 0.3) is 0 Å². The Kier molecular flexibility index (Phi) is 4.05. The zero-order valence-electron chi connectivity index (χ0n) is 9.16. The molecule has 0 atom stereocenters. The summed E-state index contributed by atoms with van der Waals surface area (Å²) in [5.74, 6) is 0.183. The summed E-state index contributed by atoms with van der Waals surface area (Å²) >= 11 is 0. The van der Waals surface area contributed by atoms with Crippen molar-refractivity contribution in [3.63, 3.8) is 0 Å². The lowest BCUT2D eigenvalue weighted by molar-refractivity contribution is -0.113. The SMILES string of the molecule is CC(C)c1ccc(CCC(=O)C#N)cc1. The van der Waals surface area contributed by atoms with E-state index >= 15 is 0 Å². The van der Waals surface area contributed by atoms with Gasteiger partial charge in [0.1, 0.15) is 6.07 Å². The molecule has 0 aliphatic heterocycles. The topological polar surface area (TPSA) is 40.9 Å². The molecule has 0 heterocycles. The third kappa shape index (κ3) is 3.55. The van der Waals surface area contributed by atoms with Gasteiger partial charge in [-0.15, -0.1) is 0 Å². The fourth-order valence-corrected chi connectivity index (χ4v) is 1.38. The summed E-state index contributed by atoms with van der Waals surface area (Å²) < 4.78 is 0. The van der Waals surface area contributed by atoms with Crippen molar-refractivity contribution in [1.29, 1.82) is 5.26 Å². The largest absolute Gasteiger partial charge is 0.283 e. The molecular weight excluding hydrogens is 186 g/mol. The lowest BCUT2D eigenvalue weighted by Gasteiger charge is -2.05. The summed E-state index contributed by atoms with van der Waals surface area (Å²) in [6.07, 6.45) is 0.974. The maximum absolute atomic E-state index is 10.8. The van der Waals surface area contributed by atoms with E-state index in [1.54, 1.807) is 6.07 Å². The predicted molar refractivity (Wildman–Crippen MR) is 59.5 cm³/mol. The van der Waals surface area contributed by atoms with Crippen LogP contribution < -0.4 is 0 Å². The summed E-state index contributed by atoms with van der Waals surface area (Å²) in [4.78, 5) is 10.8. The zero-order valence-corrected chi connectivity index (χ0v) is 9.16. The number of benzene rings is 1. The molecular formula is C13H15NO. The second kappa shape index (κ2) is 5.31. The first-order chi connectivity index (χ1) is 7.13. The first kappa shape index (κ1) is 11.5. The van der Waals surface area contributed by atoms with Crippen LogP contribution in [0.25, 0.3) is 0 Å². The smallest absolute Gasteiger partial charge is 0.232 e. The number of ketones is 1. The van der Waals surface area contributed by atoms with Crippen LogP contribution in [0.3, 0.4) is 0 Å². The van der Waals surface area contributed by atoms with E-state index in [0.717, 1.165) is 5.56 Å². The lowest BCUT2D eigenvalue weighted by atomic mass is 10.00. The van der Waals surface area contributed by atoms with E-state index in [-0.39, 0.29) is 5.78 Å². The third-order valence-corrected chi connectivity index (χ3v) is 2.41. The molecule has 78 valence electrons. The lowest BCUT2D eigenvalue weighted by Crippen LogP contribution is -1.96. The summed E-state index contributed by atoms with van der Waals surface area (Å²) in [5.41, 5.74) is 2.41. The first-order valence-electron chi connectivity index (χ1n) is 5.15. The van der Waals surface area contributed by atoms with E-state index < -0.39 is 0 Å². The number of aryl methyl sites for hydroxylation is 1. The van der Waals surface area contributed by atoms with Crippen LogP contribution >= 0.6 is 0 Å². The summed E-state index contributed by atoms with van der Waals surface area (Å²) in [7, 11) is 0. The Morgan fingerprint density at radius 3 is 2.40 bits per heavy atom. The second-order valence-electron chi connectivity index (χ2n) is 3.93. The van der Waals surface area contributed by atoms with Crippen molar-refractivity contribution in [2.24, 2.45) is 0 Å². The Labute approximate surface area is 90.5 Å². The van der Waals surface area contributed by atoms with Gasteiger partial charge < -0.3 is 0 Å². The normalized spacial score (nSPS) is 10.0. The van der Waals surface area contributed by atoms with Gasteiger partial charge in [0.05, 0.1) is 0 Å². The van der Waals surface area contributed by atoms with E-state index in [9.17, 15) is 4.79 Å². The molecule has 0 radical (unpaired) electrons. The average molecular weight is 201 g/mol. The monoisotopic (exact) mass is 201 g/mol. The Hall–Kier alpha value is -1.62. The van der Waals surface area contributed by atoms with Crippen LogP contribution in [0, 0.1) is 11.3 Å². The van der Waals surface area contributed by atoms with Crippen LogP contribution in [0.2, 0.25) is 0 Å². The quantitative estimate of drug-likeness (QED) is 0.703. The molecule has 0 saturated carbocycles. The molecule has 0 aromatic heterocycles. The van der Waals surface area contributed by atoms with Gasteiger partial charge in [-0.05, 0) is 23.5 Å². The predicted octanol–water partition coefficient (Wildman–Crippen LogP) is 2.84. The Balaban J connectivity index is 2.58. The maximum atomic E-state index is 10.8. The van der Waals surface area contributed by atoms with Crippen LogP contribution in [0.4, 0.5) is 0 Å². The van der Waals surface area contributed by atoms with Crippen molar-refractivity contribution in [3.8, 4) is 6.07 Å². The Morgan fingerprint density at radius 2 is 1.93 bits per heavy atom. The van der Waals surface area contributed by atoms with Crippen LogP contribution in [-0.2, 0) is 11.2 Å². The second-order valence-corrected chi connectivity index (χ2v) is 3.93. The van der Waals surface area contributed by atoms with E-state index in [4.69, 9.17) is 5.26 Å². The molecule has 2 nitrogen and oxygen atoms in total. The summed E-state index contributed by atoms with van der Waals surface area (Å²) in [6, 6.07) is 9.84. The number of hydrogen-bond donors (Lipinski definition) is 0. The molecule has 1 aromatic rings. The van der Waals surface area contributed by atoms with Crippen molar-refractivity contribution in [2.45, 2.75) is 32.6 Å². The molecule has 0 bridgehead atoms. The number of carbonyl (C=O) groups excluding carboxylic acids is 1. The Morgan fingerprint density at radius 1 is 1.33 bits per heavy atom. The number of hydrogen-bond acceptors (Lipinski definition) is 2. The van der Waals surface area contributed by atoms with E-state index in [1.807, 2.05) is 12.1 Å². The molecule has 0 saturated heterocycles. The van der Waals surface area contributed by atoms with Gasteiger partial charge in [0.2, 0.25) is 5.78 Å². The molecule has 0 amide bonds. The van der Waals surface area contributed by atoms with Gasteiger partial charge in [-0.1, -0.05) is 38.1 Å². The molecule has 0 aliphatic carbocycles. The van der Waals surface area contributed by atoms with Gasteiger partial charge in [0.15, 0.2) is 0 Å². The highest BCUT2D eigenvalue weighted by Gasteiger charge is 2.02. The molecule has 0 spiro atoms. The van der Waals surface area contributed by atoms with Gasteiger partial charge in [-0.2, -0.15) is 5.26 Å². The fourth-order valence-electron chi connectivity index (χ4n) is 1.38. The minimum Gasteiger partial charge on any atom is -0.283 e. The van der Waals surface area contributed by atoms with Crippen molar-refractivity contribution in [1.82, 2.24) is 0 Å². The molecule has 2 heteroatoms. The zero-order chi connectivity index (χ0) is 11.3. The van der Waals surface area contributed by atoms with Crippen molar-refractivity contribution < 1.29 is 4.79 Å². The summed E-state index contributed by atoms with van der Waals surface area (Å²) in [6.45, 7) is 4.29. The number of nitrogens with zero attached hydrogens (tertiary/aromatic N) is 1. The van der Waals surface area contributed by atoms with Crippen LogP contribution in [0.1, 0.15) is 37.3 Å². The molecule has 0 fully saturated rings. The standard InChI is InChI=1S/C13H15NO/c1-10(2)12-6-3-11(4-7-12)5-8-13(15)9-14/h3-4,6-7,10H,5,8H2,1-2H3. The highest BCUT2D eigenvalue weighted by Crippen LogP contribution is 2.15. The van der Waals surface area contributed by atoms with E-state index in [0.29, 0.717) is 18.8 Å². The molecule has 0 N–H and O–H groups in total. The third-order valence-electron chi connectivity index (χ3n) is 2.41. The highest BCUT2D eigenvalue weighted by molar-refractivity contribution is 5.93. The van der Waals surface area contributed by atoms with Crippen molar-refractivity contribution in [2.75, 3.05) is 0 Å². The van der Waals surface area contributed by atoms with Crippen molar-refractivity contribution >= 4 is 5.78 Å². The first-order valence-corrected chi connectivity index (χ1v) is 5.15. The molecule has 0 unspecified atom stereocenters. The van der Waals surface area contributed by atoms with Crippen LogP contribution in [0.15, 0.2) is 24.3 Å². The molecule has 1 rings (SSSR count). The average Bonchev–Trinajstić information content (AvgIpc) is 2.26. The molecule has 15 heavy (non-hydrogen) atoms. The van der Waals surface area contributed by atoms with Gasteiger partial charge in [-0.3, -0.25) is 4.79 Å². The highest BCUT2D eigenvalue weighted by atomic mass is 16.1. The van der Waals surface area contributed by atoms with Gasteiger partial charge >= 0.3 is 0 Å². The number of carbonyl (C=O) groups is 1. The van der Waals surface area contributed by atoms with Crippen LogP contribution in [-0.4, -0.2) is 5.78 Å². The van der Waals surface area contributed by atoms with Gasteiger partial charge in [-0.25, -0.2) is 0 Å². The number of nitriles is 1. The van der Waals surface area contributed by atoms with Crippen molar-refractivity contribution in [3.05, 3.63) is 35.4 Å². The fraction of sp³-hybridized carbons (Fsp3) is 0.385. The van der Waals surface area contributed by atoms with E-state index in [1.165, 1.54) is 5.56 Å². The molecule has 1 aromatic carbocycles.